The minimum absolute atomic E-state index is 0.200. The number of nitrogen functional groups attached to an aromatic ring is 2. The van der Waals surface area contributed by atoms with Crippen molar-refractivity contribution in [3.05, 3.63) is 105 Å². The van der Waals surface area contributed by atoms with Gasteiger partial charge in [0.2, 0.25) is 11.8 Å². The number of nitrogens with zero attached hydrogens (tertiary/aromatic N) is 2. The van der Waals surface area contributed by atoms with Crippen LogP contribution in [0.5, 0.6) is 0 Å². The molecule has 0 aliphatic heterocycles. The number of rotatable bonds is 6. The highest BCUT2D eigenvalue weighted by atomic mass is 19.1. The Bertz CT molecular complexity index is 2360. The Kier molecular flexibility index (Phi) is 8.74. The highest BCUT2D eigenvalue weighted by Crippen LogP contribution is 2.36. The zero-order valence-corrected chi connectivity index (χ0v) is 28.1. The maximum absolute atomic E-state index is 13.0. The summed E-state index contributed by atoms with van der Waals surface area (Å²) in [7, 11) is 0. The van der Waals surface area contributed by atoms with E-state index in [-0.39, 0.29) is 35.8 Å². The average Bonchev–Trinajstić information content (AvgIpc) is 4.01. The van der Waals surface area contributed by atoms with Crippen molar-refractivity contribution in [2.24, 2.45) is 11.8 Å². The molecule has 2 aliphatic carbocycles. The molecule has 0 saturated heterocycles. The smallest absolute Gasteiger partial charge is 0.256 e. The lowest BCUT2D eigenvalue weighted by Crippen LogP contribution is -2.15. The van der Waals surface area contributed by atoms with E-state index in [1.807, 2.05) is 38.1 Å². The van der Waals surface area contributed by atoms with Crippen LogP contribution >= 0.6 is 0 Å². The SMILES string of the molecule is Cc1cc[nH]c(=O)c1-c1cc(N)c2cnc(NC(=O)[C@@H]3C[C@@H]3F)cc2c1.Cc1cc[nH]c(=O)c1-c1cc(N)c2cnc(NC(=O)[C@H]3C[C@H]3F)cc2c1. The molecule has 52 heavy (non-hydrogen) atoms. The third-order valence-electron chi connectivity index (χ3n) is 9.25. The third kappa shape index (κ3) is 6.82. The lowest BCUT2D eigenvalue weighted by atomic mass is 9.99. The molecule has 6 aromatic rings. The average molecular weight is 705 g/mol. The number of hydrogen-bond donors (Lipinski definition) is 6. The summed E-state index contributed by atoms with van der Waals surface area (Å²) in [4.78, 5) is 61.9. The number of aromatic amines is 2. The van der Waals surface area contributed by atoms with E-state index in [0.29, 0.717) is 56.0 Å². The van der Waals surface area contributed by atoms with Crippen LogP contribution in [0.15, 0.2) is 82.9 Å². The van der Waals surface area contributed by atoms with Gasteiger partial charge in [0, 0.05) is 58.1 Å². The zero-order chi connectivity index (χ0) is 36.8. The number of anilines is 4. The molecule has 2 saturated carbocycles. The van der Waals surface area contributed by atoms with Gasteiger partial charge in [0.05, 0.1) is 11.8 Å². The number of H-pyrrole nitrogens is 2. The molecule has 14 heteroatoms. The molecule has 2 fully saturated rings. The summed E-state index contributed by atoms with van der Waals surface area (Å²) in [6.45, 7) is 3.71. The number of pyridine rings is 4. The number of carbonyl (C=O) groups is 2. The number of halogens is 2. The fourth-order valence-electron chi connectivity index (χ4n) is 6.18. The predicted octanol–water partition coefficient (Wildman–Crippen LogP) is 5.55. The number of hydrogen-bond acceptors (Lipinski definition) is 8. The van der Waals surface area contributed by atoms with Crippen molar-refractivity contribution in [3.8, 4) is 22.3 Å². The maximum Gasteiger partial charge on any atom is 0.256 e. The molecule has 0 unspecified atom stereocenters. The first-order valence-electron chi connectivity index (χ1n) is 16.5. The summed E-state index contributed by atoms with van der Waals surface area (Å²) >= 11 is 0. The van der Waals surface area contributed by atoms with E-state index in [1.54, 1.807) is 49.1 Å². The summed E-state index contributed by atoms with van der Waals surface area (Å²) in [5.41, 5.74) is 16.9. The van der Waals surface area contributed by atoms with E-state index in [2.05, 4.69) is 30.6 Å². The molecule has 0 radical (unpaired) electrons. The maximum atomic E-state index is 13.0. The number of fused-ring (bicyclic) bond motifs is 2. The number of benzene rings is 2. The Morgan fingerprint density at radius 3 is 1.42 bits per heavy atom. The molecule has 0 spiro atoms. The molecular formula is C38H34F2N8O4. The van der Waals surface area contributed by atoms with E-state index in [1.165, 1.54) is 0 Å². The van der Waals surface area contributed by atoms with Crippen LogP contribution in [0, 0.1) is 25.7 Å². The van der Waals surface area contributed by atoms with Crippen LogP contribution in [-0.2, 0) is 9.59 Å². The van der Waals surface area contributed by atoms with Gasteiger partial charge < -0.3 is 32.1 Å². The summed E-state index contributed by atoms with van der Waals surface area (Å²) in [5.74, 6) is -1.26. The molecular weight excluding hydrogens is 670 g/mol. The molecule has 2 amide bonds. The topological polar surface area (TPSA) is 202 Å². The van der Waals surface area contributed by atoms with Gasteiger partial charge in [0.1, 0.15) is 24.0 Å². The lowest BCUT2D eigenvalue weighted by molar-refractivity contribution is -0.118. The fourth-order valence-corrected chi connectivity index (χ4v) is 6.18. The number of carbonyl (C=O) groups excluding carboxylic acids is 2. The molecule has 4 atom stereocenters. The van der Waals surface area contributed by atoms with Gasteiger partial charge in [0.15, 0.2) is 0 Å². The standard InChI is InChI=1S/2C19H17FN4O2/c2*1-9-2-3-22-19(26)17(9)11-4-10-6-16(23-8-13(10)15(21)5-11)24-18(25)12-7-14(12)20/h2*2-6,8,12,14H,7,21H2,1H3,(H,22,26)(H,23,24,25)/t2*12-,14+/m10/s1. The van der Waals surface area contributed by atoms with E-state index >= 15 is 0 Å². The van der Waals surface area contributed by atoms with Crippen molar-refractivity contribution in [1.82, 2.24) is 19.9 Å². The molecule has 12 nitrogen and oxygen atoms in total. The van der Waals surface area contributed by atoms with Crippen LogP contribution in [0.25, 0.3) is 43.8 Å². The zero-order valence-electron chi connectivity index (χ0n) is 28.1. The van der Waals surface area contributed by atoms with Gasteiger partial charge in [-0.25, -0.2) is 18.7 Å². The van der Waals surface area contributed by atoms with Crippen LogP contribution in [0.3, 0.4) is 0 Å². The van der Waals surface area contributed by atoms with Gasteiger partial charge in [-0.15, -0.1) is 0 Å². The van der Waals surface area contributed by atoms with Crippen molar-refractivity contribution in [2.75, 3.05) is 22.1 Å². The van der Waals surface area contributed by atoms with Gasteiger partial charge in [-0.3, -0.25) is 19.2 Å². The van der Waals surface area contributed by atoms with Crippen molar-refractivity contribution in [2.45, 2.75) is 39.0 Å². The normalized spacial score (nSPS) is 18.7. The second-order valence-corrected chi connectivity index (χ2v) is 13.1. The molecule has 0 bridgehead atoms. The molecule has 4 heterocycles. The monoisotopic (exact) mass is 704 g/mol. The van der Waals surface area contributed by atoms with Gasteiger partial charge in [0.25, 0.3) is 11.1 Å². The molecule has 8 rings (SSSR count). The van der Waals surface area contributed by atoms with E-state index in [4.69, 9.17) is 11.5 Å². The number of nitrogens with one attached hydrogen (secondary N) is 4. The van der Waals surface area contributed by atoms with Crippen LogP contribution in [-0.4, -0.2) is 44.1 Å². The number of nitrogens with two attached hydrogens (primary N) is 2. The Hall–Kier alpha value is -6.44. The summed E-state index contributed by atoms with van der Waals surface area (Å²) < 4.78 is 26.0. The van der Waals surface area contributed by atoms with Gasteiger partial charge >= 0.3 is 0 Å². The fraction of sp³-hybridized carbons (Fsp3) is 0.211. The third-order valence-corrected chi connectivity index (χ3v) is 9.25. The van der Waals surface area contributed by atoms with E-state index in [9.17, 15) is 28.0 Å². The van der Waals surface area contributed by atoms with E-state index in [0.717, 1.165) is 21.9 Å². The molecule has 2 aliphatic rings. The second kappa shape index (κ2) is 13.4. The Morgan fingerprint density at radius 1 is 0.692 bits per heavy atom. The molecule has 2 aromatic carbocycles. The van der Waals surface area contributed by atoms with E-state index < -0.39 is 24.2 Å². The predicted molar refractivity (Wildman–Crippen MR) is 197 cm³/mol. The number of aryl methyl sites for hydroxylation is 2. The van der Waals surface area contributed by atoms with Crippen LogP contribution in [0.1, 0.15) is 24.0 Å². The Labute approximate surface area is 294 Å². The largest absolute Gasteiger partial charge is 0.398 e. The Balaban J connectivity index is 0.000000162. The first-order valence-corrected chi connectivity index (χ1v) is 16.5. The van der Waals surface area contributed by atoms with Crippen molar-refractivity contribution in [1.29, 1.82) is 0 Å². The second-order valence-electron chi connectivity index (χ2n) is 13.1. The first-order chi connectivity index (χ1) is 24.9. The van der Waals surface area contributed by atoms with Crippen molar-refractivity contribution >= 4 is 56.4 Å². The van der Waals surface area contributed by atoms with Crippen LogP contribution in [0.2, 0.25) is 0 Å². The van der Waals surface area contributed by atoms with Crippen molar-refractivity contribution < 1.29 is 18.4 Å². The van der Waals surface area contributed by atoms with Gasteiger partial charge in [-0.1, -0.05) is 0 Å². The minimum Gasteiger partial charge on any atom is -0.398 e. The number of amides is 2. The quantitative estimate of drug-likeness (QED) is 0.121. The highest BCUT2D eigenvalue weighted by Gasteiger charge is 2.44. The van der Waals surface area contributed by atoms with Gasteiger partial charge in [-0.2, -0.15) is 0 Å². The van der Waals surface area contributed by atoms with Crippen LogP contribution < -0.4 is 33.2 Å². The lowest BCUT2D eigenvalue weighted by Gasteiger charge is -2.10. The van der Waals surface area contributed by atoms with Crippen molar-refractivity contribution in [3.63, 3.8) is 0 Å². The highest BCUT2D eigenvalue weighted by molar-refractivity contribution is 6.01. The molecule has 8 N–H and O–H groups in total. The number of aromatic nitrogens is 4. The Morgan fingerprint density at radius 2 is 1.08 bits per heavy atom. The molecule has 4 aromatic heterocycles. The van der Waals surface area contributed by atoms with Gasteiger partial charge in [-0.05, 0) is 108 Å². The summed E-state index contributed by atoms with van der Waals surface area (Å²) in [5, 5.41) is 8.16. The number of alkyl halides is 2. The first kappa shape index (κ1) is 34.0. The summed E-state index contributed by atoms with van der Waals surface area (Å²) in [6, 6.07) is 14.1. The summed E-state index contributed by atoms with van der Waals surface area (Å²) in [6.07, 6.45) is 4.70. The van der Waals surface area contributed by atoms with Crippen LogP contribution in [0.4, 0.5) is 31.8 Å². The molecule has 264 valence electrons. The minimum atomic E-state index is -1.06.